The van der Waals surface area contributed by atoms with Crippen molar-refractivity contribution in [2.45, 2.75) is 38.4 Å². The average Bonchev–Trinajstić information content (AvgIpc) is 2.80. The lowest BCUT2D eigenvalue weighted by Gasteiger charge is -2.17. The molecule has 0 bridgehead atoms. The molecule has 1 aromatic heterocycles. The van der Waals surface area contributed by atoms with Crippen molar-refractivity contribution in [2.24, 2.45) is 0 Å². The van der Waals surface area contributed by atoms with E-state index in [0.717, 1.165) is 16.5 Å². The Labute approximate surface area is 116 Å². The Morgan fingerprint density at radius 1 is 1.25 bits per heavy atom. The Balaban J connectivity index is 2.12. The lowest BCUT2D eigenvalue weighted by atomic mass is 10.00. The van der Waals surface area contributed by atoms with E-state index in [1.54, 1.807) is 6.26 Å². The summed E-state index contributed by atoms with van der Waals surface area (Å²) in [6, 6.07) is 7.47. The Kier molecular flexibility index (Phi) is 4.70. The monoisotopic (exact) mass is 285 g/mol. The molecule has 1 aromatic carbocycles. The van der Waals surface area contributed by atoms with Gasteiger partial charge in [-0.1, -0.05) is 25.1 Å². The van der Waals surface area contributed by atoms with Crippen molar-refractivity contribution in [2.75, 3.05) is 6.54 Å². The highest BCUT2D eigenvalue weighted by Crippen LogP contribution is 2.31. The number of nitrogens with one attached hydrogen (secondary N) is 1. The van der Waals surface area contributed by atoms with E-state index in [1.807, 2.05) is 31.2 Å². The molecule has 1 atom stereocenters. The first-order valence-electron chi connectivity index (χ1n) is 6.77. The molecule has 0 radical (unpaired) electrons. The summed E-state index contributed by atoms with van der Waals surface area (Å²) in [5, 5.41) is 4.20. The van der Waals surface area contributed by atoms with Gasteiger partial charge in [0.2, 0.25) is 0 Å². The molecule has 0 fully saturated rings. The molecule has 2 nitrogen and oxygen atoms in total. The number of hydrogen-bond donors (Lipinski definition) is 1. The summed E-state index contributed by atoms with van der Waals surface area (Å²) >= 11 is 0. The number of hydrogen-bond acceptors (Lipinski definition) is 2. The molecule has 5 heteroatoms. The SMILES string of the molecule is CCNC(CCCC(F)(F)F)c1coc2ccccc12. The van der Waals surface area contributed by atoms with Crippen LogP contribution in [0.15, 0.2) is 34.9 Å². The highest BCUT2D eigenvalue weighted by Gasteiger charge is 2.27. The number of halogens is 3. The van der Waals surface area contributed by atoms with Crippen molar-refractivity contribution in [1.82, 2.24) is 5.32 Å². The Morgan fingerprint density at radius 3 is 2.70 bits per heavy atom. The van der Waals surface area contributed by atoms with Crippen molar-refractivity contribution < 1.29 is 17.6 Å². The van der Waals surface area contributed by atoms with Crippen LogP contribution >= 0.6 is 0 Å². The fourth-order valence-corrected chi connectivity index (χ4v) is 2.39. The average molecular weight is 285 g/mol. The third kappa shape index (κ3) is 3.76. The number of rotatable bonds is 6. The van der Waals surface area contributed by atoms with E-state index in [-0.39, 0.29) is 12.5 Å². The largest absolute Gasteiger partial charge is 0.464 e. The van der Waals surface area contributed by atoms with Crippen LogP contribution in [0.4, 0.5) is 13.2 Å². The van der Waals surface area contributed by atoms with Crippen molar-refractivity contribution in [3.8, 4) is 0 Å². The van der Waals surface area contributed by atoms with Gasteiger partial charge in [0, 0.05) is 23.4 Å². The number of fused-ring (bicyclic) bond motifs is 1. The van der Waals surface area contributed by atoms with Gasteiger partial charge in [-0.2, -0.15) is 13.2 Å². The normalized spacial score (nSPS) is 13.8. The third-order valence-corrected chi connectivity index (χ3v) is 3.29. The molecule has 0 amide bonds. The molecule has 2 rings (SSSR count). The van der Waals surface area contributed by atoms with Crippen molar-refractivity contribution in [1.29, 1.82) is 0 Å². The van der Waals surface area contributed by atoms with Gasteiger partial charge in [0.05, 0.1) is 6.26 Å². The first kappa shape index (κ1) is 14.9. The number of furan rings is 1. The highest BCUT2D eigenvalue weighted by atomic mass is 19.4. The molecule has 110 valence electrons. The van der Waals surface area contributed by atoms with Gasteiger partial charge in [-0.25, -0.2) is 0 Å². The zero-order valence-electron chi connectivity index (χ0n) is 11.3. The summed E-state index contributed by atoms with van der Waals surface area (Å²) in [6.45, 7) is 2.65. The smallest absolute Gasteiger partial charge is 0.389 e. The zero-order valence-corrected chi connectivity index (χ0v) is 11.3. The topological polar surface area (TPSA) is 25.2 Å². The van der Waals surface area contributed by atoms with Crippen molar-refractivity contribution in [3.05, 3.63) is 36.1 Å². The molecular weight excluding hydrogens is 267 g/mol. The van der Waals surface area contributed by atoms with Crippen LogP contribution < -0.4 is 5.32 Å². The van der Waals surface area contributed by atoms with Gasteiger partial charge >= 0.3 is 6.18 Å². The maximum atomic E-state index is 12.2. The highest BCUT2D eigenvalue weighted by molar-refractivity contribution is 5.81. The van der Waals surface area contributed by atoms with Gasteiger partial charge in [-0.3, -0.25) is 0 Å². The molecule has 1 heterocycles. The maximum absolute atomic E-state index is 12.2. The van der Waals surface area contributed by atoms with E-state index in [4.69, 9.17) is 4.42 Å². The van der Waals surface area contributed by atoms with Crippen LogP contribution in [-0.2, 0) is 0 Å². The zero-order chi connectivity index (χ0) is 14.6. The third-order valence-electron chi connectivity index (χ3n) is 3.29. The summed E-state index contributed by atoms with van der Waals surface area (Å²) in [6.07, 6.45) is -2.64. The van der Waals surface area contributed by atoms with Crippen LogP contribution in [-0.4, -0.2) is 12.7 Å². The van der Waals surface area contributed by atoms with Gasteiger partial charge < -0.3 is 9.73 Å². The summed E-state index contributed by atoms with van der Waals surface area (Å²) in [7, 11) is 0. The fraction of sp³-hybridized carbons (Fsp3) is 0.467. The molecule has 0 saturated heterocycles. The first-order valence-corrected chi connectivity index (χ1v) is 6.77. The first-order chi connectivity index (χ1) is 9.51. The molecule has 0 aliphatic carbocycles. The summed E-state index contributed by atoms with van der Waals surface area (Å²) < 4.78 is 42.2. The lowest BCUT2D eigenvalue weighted by molar-refractivity contribution is -0.135. The molecule has 0 spiro atoms. The van der Waals surface area contributed by atoms with Gasteiger partial charge in [-0.05, 0) is 25.5 Å². The summed E-state index contributed by atoms with van der Waals surface area (Å²) in [4.78, 5) is 0. The van der Waals surface area contributed by atoms with Gasteiger partial charge in [0.25, 0.3) is 0 Å². The van der Waals surface area contributed by atoms with Crippen LogP contribution in [0.1, 0.15) is 37.8 Å². The molecule has 20 heavy (non-hydrogen) atoms. The Hall–Kier alpha value is -1.49. The number of alkyl halides is 3. The van der Waals surface area contributed by atoms with Crippen LogP contribution in [0, 0.1) is 0 Å². The molecule has 0 aliphatic rings. The van der Waals surface area contributed by atoms with Crippen molar-refractivity contribution in [3.63, 3.8) is 0 Å². The van der Waals surface area contributed by atoms with E-state index >= 15 is 0 Å². The van der Waals surface area contributed by atoms with Crippen molar-refractivity contribution >= 4 is 11.0 Å². The quantitative estimate of drug-likeness (QED) is 0.823. The second-order valence-corrected chi connectivity index (χ2v) is 4.80. The minimum Gasteiger partial charge on any atom is -0.464 e. The summed E-state index contributed by atoms with van der Waals surface area (Å²) in [5.74, 6) is 0. The standard InChI is InChI=1S/C15H18F3NO/c1-2-19-13(7-5-9-15(16,17)18)12-10-20-14-8-4-3-6-11(12)14/h3-4,6,8,10,13,19H,2,5,7,9H2,1H3. The molecular formula is C15H18F3NO. The Morgan fingerprint density at radius 2 is 2.00 bits per heavy atom. The number of para-hydroxylation sites is 1. The lowest BCUT2D eigenvalue weighted by Crippen LogP contribution is -2.21. The van der Waals surface area contributed by atoms with Crippen LogP contribution in [0.3, 0.4) is 0 Å². The van der Waals surface area contributed by atoms with Crippen LogP contribution in [0.2, 0.25) is 0 Å². The summed E-state index contributed by atoms with van der Waals surface area (Å²) in [5.41, 5.74) is 1.70. The van der Waals surface area contributed by atoms with E-state index in [0.29, 0.717) is 13.0 Å². The molecule has 2 aromatic rings. The predicted molar refractivity (Wildman–Crippen MR) is 72.5 cm³/mol. The second kappa shape index (κ2) is 6.31. The van der Waals surface area contributed by atoms with Crippen LogP contribution in [0.5, 0.6) is 0 Å². The Bertz CT molecular complexity index is 547. The van der Waals surface area contributed by atoms with Crippen LogP contribution in [0.25, 0.3) is 11.0 Å². The van der Waals surface area contributed by atoms with Gasteiger partial charge in [-0.15, -0.1) is 0 Å². The molecule has 0 aliphatic heterocycles. The minimum absolute atomic E-state index is 0.106. The van der Waals surface area contributed by atoms with E-state index in [1.165, 1.54) is 0 Å². The number of benzene rings is 1. The van der Waals surface area contributed by atoms with Gasteiger partial charge in [0.1, 0.15) is 5.58 Å². The van der Waals surface area contributed by atoms with E-state index in [9.17, 15) is 13.2 Å². The molecule has 1 N–H and O–H groups in total. The second-order valence-electron chi connectivity index (χ2n) is 4.80. The maximum Gasteiger partial charge on any atom is 0.389 e. The van der Waals surface area contributed by atoms with Gasteiger partial charge in [0.15, 0.2) is 0 Å². The minimum atomic E-state index is -4.09. The van der Waals surface area contributed by atoms with E-state index in [2.05, 4.69) is 5.32 Å². The molecule has 1 unspecified atom stereocenters. The predicted octanol–water partition coefficient (Wildman–Crippen LogP) is 4.82. The van der Waals surface area contributed by atoms with E-state index < -0.39 is 12.6 Å². The molecule has 0 saturated carbocycles. The fourth-order valence-electron chi connectivity index (χ4n) is 2.39.